The van der Waals surface area contributed by atoms with E-state index >= 15 is 0 Å². The van der Waals surface area contributed by atoms with Crippen molar-refractivity contribution in [3.05, 3.63) is 23.3 Å². The van der Waals surface area contributed by atoms with Crippen LogP contribution in [0.25, 0.3) is 0 Å². The second-order valence-electron chi connectivity index (χ2n) is 6.24. The lowest BCUT2D eigenvalue weighted by Gasteiger charge is -2.15. The molecule has 0 aromatic heterocycles. The lowest BCUT2D eigenvalue weighted by Crippen LogP contribution is -2.29. The van der Waals surface area contributed by atoms with Crippen molar-refractivity contribution < 1.29 is 8.42 Å². The SMILES string of the molecule is CCc1cc(N)c(CC)c(S(=O)(=O)NC2CC2(C)C)c1. The summed E-state index contributed by atoms with van der Waals surface area (Å²) in [6.07, 6.45) is 2.27. The first-order chi connectivity index (χ1) is 9.21. The van der Waals surface area contributed by atoms with Gasteiger partial charge in [-0.3, -0.25) is 0 Å². The van der Waals surface area contributed by atoms with Crippen molar-refractivity contribution in [2.75, 3.05) is 5.73 Å². The third-order valence-electron chi connectivity index (χ3n) is 4.17. The minimum absolute atomic E-state index is 0.0312. The van der Waals surface area contributed by atoms with Gasteiger partial charge in [0.25, 0.3) is 0 Å². The van der Waals surface area contributed by atoms with E-state index in [1.807, 2.05) is 19.9 Å². The number of rotatable bonds is 5. The van der Waals surface area contributed by atoms with Gasteiger partial charge in [-0.1, -0.05) is 27.7 Å². The first-order valence-electron chi connectivity index (χ1n) is 7.15. The number of nitrogen functional groups attached to an aromatic ring is 1. The number of hydrogen-bond donors (Lipinski definition) is 2. The van der Waals surface area contributed by atoms with Crippen LogP contribution in [0.15, 0.2) is 17.0 Å². The van der Waals surface area contributed by atoms with Gasteiger partial charge in [0.05, 0.1) is 4.90 Å². The molecule has 1 aromatic rings. The van der Waals surface area contributed by atoms with Crippen molar-refractivity contribution >= 4 is 15.7 Å². The van der Waals surface area contributed by atoms with Gasteiger partial charge in [0.2, 0.25) is 10.0 Å². The van der Waals surface area contributed by atoms with Crippen LogP contribution < -0.4 is 10.5 Å². The van der Waals surface area contributed by atoms with Crippen LogP contribution in [-0.4, -0.2) is 14.5 Å². The van der Waals surface area contributed by atoms with E-state index in [0.29, 0.717) is 22.6 Å². The van der Waals surface area contributed by atoms with Gasteiger partial charge in [-0.15, -0.1) is 0 Å². The Balaban J connectivity index is 2.42. The highest BCUT2D eigenvalue weighted by molar-refractivity contribution is 7.89. The van der Waals surface area contributed by atoms with E-state index < -0.39 is 10.0 Å². The fraction of sp³-hybridized carbons (Fsp3) is 0.600. The molecule has 1 fully saturated rings. The Morgan fingerprint density at radius 1 is 1.30 bits per heavy atom. The highest BCUT2D eigenvalue weighted by Gasteiger charge is 2.48. The third-order valence-corrected chi connectivity index (χ3v) is 5.70. The van der Waals surface area contributed by atoms with Crippen LogP contribution in [0, 0.1) is 5.41 Å². The van der Waals surface area contributed by atoms with Crippen LogP contribution in [0.4, 0.5) is 5.69 Å². The normalized spacial score (nSPS) is 20.9. The molecule has 3 N–H and O–H groups in total. The van der Waals surface area contributed by atoms with Gasteiger partial charge in [-0.25, -0.2) is 13.1 Å². The maximum Gasteiger partial charge on any atom is 0.241 e. The second kappa shape index (κ2) is 5.04. The molecule has 0 bridgehead atoms. The molecule has 1 aromatic carbocycles. The molecule has 0 aliphatic heterocycles. The third kappa shape index (κ3) is 2.83. The maximum atomic E-state index is 12.6. The van der Waals surface area contributed by atoms with Crippen molar-refractivity contribution in [3.63, 3.8) is 0 Å². The van der Waals surface area contributed by atoms with Crippen molar-refractivity contribution in [1.82, 2.24) is 4.72 Å². The summed E-state index contributed by atoms with van der Waals surface area (Å²) in [6.45, 7) is 8.06. The molecule has 5 heteroatoms. The molecule has 0 amide bonds. The average Bonchev–Trinajstić information content (AvgIpc) is 2.94. The molecule has 0 heterocycles. The van der Waals surface area contributed by atoms with E-state index in [-0.39, 0.29) is 11.5 Å². The topological polar surface area (TPSA) is 72.2 Å². The molecule has 1 saturated carbocycles. The first kappa shape index (κ1) is 15.3. The Kier molecular flexibility index (Phi) is 3.86. The number of sulfonamides is 1. The zero-order valence-electron chi connectivity index (χ0n) is 12.7. The van der Waals surface area contributed by atoms with E-state index in [1.54, 1.807) is 6.07 Å². The van der Waals surface area contributed by atoms with Crippen molar-refractivity contribution in [3.8, 4) is 0 Å². The van der Waals surface area contributed by atoms with E-state index in [0.717, 1.165) is 18.4 Å². The number of nitrogens with one attached hydrogen (secondary N) is 1. The van der Waals surface area contributed by atoms with Gasteiger partial charge in [-0.2, -0.15) is 0 Å². The Bertz CT molecular complexity index is 621. The number of hydrogen-bond acceptors (Lipinski definition) is 3. The van der Waals surface area contributed by atoms with Gasteiger partial charge >= 0.3 is 0 Å². The van der Waals surface area contributed by atoms with Gasteiger partial charge in [0, 0.05) is 11.7 Å². The standard InChI is InChI=1S/C15H24N2O2S/c1-5-10-7-12(16)11(6-2)13(8-10)20(18,19)17-14-9-15(14,3)4/h7-8,14,17H,5-6,9,16H2,1-4H3. The lowest BCUT2D eigenvalue weighted by molar-refractivity contribution is 0.554. The average molecular weight is 296 g/mol. The molecule has 1 aliphatic carbocycles. The van der Waals surface area contributed by atoms with Crippen LogP contribution >= 0.6 is 0 Å². The summed E-state index contributed by atoms with van der Waals surface area (Å²) in [5.41, 5.74) is 8.32. The Morgan fingerprint density at radius 2 is 1.90 bits per heavy atom. The predicted molar refractivity (Wildman–Crippen MR) is 82.1 cm³/mol. The van der Waals surface area contributed by atoms with Crippen LogP contribution in [0.1, 0.15) is 45.2 Å². The predicted octanol–water partition coefficient (Wildman–Crippen LogP) is 2.47. The van der Waals surface area contributed by atoms with Crippen molar-refractivity contribution in [2.45, 2.75) is 57.9 Å². The van der Waals surface area contributed by atoms with Crippen LogP contribution in [-0.2, 0) is 22.9 Å². The minimum Gasteiger partial charge on any atom is -0.398 e. The molecule has 0 spiro atoms. The summed E-state index contributed by atoms with van der Waals surface area (Å²) in [5.74, 6) is 0. The Labute approximate surface area is 121 Å². The molecule has 112 valence electrons. The minimum atomic E-state index is -3.50. The molecular weight excluding hydrogens is 272 g/mol. The Hall–Kier alpha value is -1.07. The lowest BCUT2D eigenvalue weighted by atomic mass is 10.1. The molecule has 20 heavy (non-hydrogen) atoms. The molecule has 0 saturated heterocycles. The molecule has 1 unspecified atom stereocenters. The molecular formula is C15H24N2O2S. The van der Waals surface area contributed by atoms with Gasteiger partial charge < -0.3 is 5.73 Å². The summed E-state index contributed by atoms with van der Waals surface area (Å²) in [7, 11) is -3.50. The van der Waals surface area contributed by atoms with Crippen LogP contribution in [0.5, 0.6) is 0 Å². The molecule has 0 radical (unpaired) electrons. The van der Waals surface area contributed by atoms with Gasteiger partial charge in [0.1, 0.15) is 0 Å². The van der Waals surface area contributed by atoms with E-state index in [1.165, 1.54) is 0 Å². The summed E-state index contributed by atoms with van der Waals surface area (Å²) >= 11 is 0. The number of nitrogens with two attached hydrogens (primary N) is 1. The van der Waals surface area contributed by atoms with E-state index in [4.69, 9.17) is 5.73 Å². The molecule has 1 aliphatic rings. The quantitative estimate of drug-likeness (QED) is 0.820. The van der Waals surface area contributed by atoms with Crippen molar-refractivity contribution in [1.29, 1.82) is 0 Å². The number of benzene rings is 1. The zero-order valence-corrected chi connectivity index (χ0v) is 13.5. The zero-order chi connectivity index (χ0) is 15.1. The number of aryl methyl sites for hydroxylation is 1. The highest BCUT2D eigenvalue weighted by Crippen LogP contribution is 2.45. The van der Waals surface area contributed by atoms with Gasteiger partial charge in [-0.05, 0) is 47.9 Å². The van der Waals surface area contributed by atoms with E-state index in [2.05, 4.69) is 18.6 Å². The highest BCUT2D eigenvalue weighted by atomic mass is 32.2. The summed E-state index contributed by atoms with van der Waals surface area (Å²) in [4.78, 5) is 0.347. The van der Waals surface area contributed by atoms with Crippen molar-refractivity contribution in [2.24, 2.45) is 5.41 Å². The molecule has 1 atom stereocenters. The first-order valence-corrected chi connectivity index (χ1v) is 8.63. The summed E-state index contributed by atoms with van der Waals surface area (Å²) < 4.78 is 28.0. The Morgan fingerprint density at radius 3 is 2.35 bits per heavy atom. The largest absolute Gasteiger partial charge is 0.398 e. The van der Waals surface area contributed by atoms with Gasteiger partial charge in [0.15, 0.2) is 0 Å². The smallest absolute Gasteiger partial charge is 0.241 e. The molecule has 2 rings (SSSR count). The summed E-state index contributed by atoms with van der Waals surface area (Å²) in [6, 6.07) is 3.66. The second-order valence-corrected chi connectivity index (χ2v) is 7.92. The monoisotopic (exact) mass is 296 g/mol. The molecule has 4 nitrogen and oxygen atoms in total. The summed E-state index contributed by atoms with van der Waals surface area (Å²) in [5, 5.41) is 0. The van der Waals surface area contributed by atoms with E-state index in [9.17, 15) is 8.42 Å². The van der Waals surface area contributed by atoms with Crippen LogP contribution in [0.2, 0.25) is 0 Å². The fourth-order valence-corrected chi connectivity index (χ4v) is 4.26. The number of anilines is 1. The fourth-order valence-electron chi connectivity index (χ4n) is 2.47. The van der Waals surface area contributed by atoms with Crippen LogP contribution in [0.3, 0.4) is 0 Å². The maximum absolute atomic E-state index is 12.6.